The van der Waals surface area contributed by atoms with Gasteiger partial charge >= 0.3 is 11.9 Å². The smallest absolute Gasteiger partial charge is 0.338 e. The predicted molar refractivity (Wildman–Crippen MR) is 103 cm³/mol. The topological polar surface area (TPSA) is 90.9 Å². The number of nitrogens with one attached hydrogen (secondary N) is 1. The highest BCUT2D eigenvalue weighted by Gasteiger charge is 2.10. The molecular formula is C21H23NO6. The Morgan fingerprint density at radius 2 is 1.61 bits per heavy atom. The van der Waals surface area contributed by atoms with Crippen LogP contribution in [-0.4, -0.2) is 37.7 Å². The molecular weight excluding hydrogens is 362 g/mol. The molecule has 0 aliphatic rings. The van der Waals surface area contributed by atoms with Crippen LogP contribution in [0.3, 0.4) is 0 Å². The van der Waals surface area contributed by atoms with Gasteiger partial charge in [-0.15, -0.1) is 0 Å². The van der Waals surface area contributed by atoms with Gasteiger partial charge in [-0.2, -0.15) is 0 Å². The Morgan fingerprint density at radius 3 is 2.25 bits per heavy atom. The van der Waals surface area contributed by atoms with Crippen LogP contribution in [0.15, 0.2) is 48.5 Å². The molecule has 0 atom stereocenters. The van der Waals surface area contributed by atoms with Gasteiger partial charge in [-0.3, -0.25) is 9.59 Å². The molecule has 0 heterocycles. The van der Waals surface area contributed by atoms with Crippen molar-refractivity contribution in [3.8, 4) is 5.75 Å². The lowest BCUT2D eigenvalue weighted by Crippen LogP contribution is -2.21. The Kier molecular flexibility index (Phi) is 8.02. The fraction of sp³-hybridized carbons (Fsp3) is 0.286. The van der Waals surface area contributed by atoms with Crippen molar-refractivity contribution in [2.24, 2.45) is 0 Å². The highest BCUT2D eigenvalue weighted by atomic mass is 16.5. The lowest BCUT2D eigenvalue weighted by Gasteiger charge is -2.08. The fourth-order valence-corrected chi connectivity index (χ4v) is 2.21. The van der Waals surface area contributed by atoms with Crippen molar-refractivity contribution < 1.29 is 28.6 Å². The highest BCUT2D eigenvalue weighted by molar-refractivity contribution is 5.94. The van der Waals surface area contributed by atoms with Crippen LogP contribution < -0.4 is 10.1 Å². The molecule has 0 saturated carbocycles. The van der Waals surface area contributed by atoms with Crippen LogP contribution >= 0.6 is 0 Å². The van der Waals surface area contributed by atoms with Gasteiger partial charge in [0.2, 0.25) is 0 Å². The monoisotopic (exact) mass is 385 g/mol. The van der Waals surface area contributed by atoms with E-state index < -0.39 is 24.5 Å². The van der Waals surface area contributed by atoms with Gasteiger partial charge in [0.05, 0.1) is 25.2 Å². The van der Waals surface area contributed by atoms with Crippen LogP contribution in [-0.2, 0) is 19.1 Å². The number of hydrogen-bond donors (Lipinski definition) is 1. The van der Waals surface area contributed by atoms with E-state index in [9.17, 15) is 14.4 Å². The van der Waals surface area contributed by atoms with Gasteiger partial charge in [0, 0.05) is 5.69 Å². The second kappa shape index (κ2) is 10.7. The Labute approximate surface area is 163 Å². The number of hydrogen-bond acceptors (Lipinski definition) is 6. The zero-order valence-corrected chi connectivity index (χ0v) is 15.9. The number of esters is 2. The summed E-state index contributed by atoms with van der Waals surface area (Å²) in [6, 6.07) is 13.7. The van der Waals surface area contributed by atoms with E-state index in [4.69, 9.17) is 14.2 Å². The van der Waals surface area contributed by atoms with Crippen molar-refractivity contribution in [1.29, 1.82) is 0 Å². The van der Waals surface area contributed by atoms with Crippen molar-refractivity contribution >= 4 is 23.5 Å². The van der Waals surface area contributed by atoms with Crippen molar-refractivity contribution in [2.75, 3.05) is 25.1 Å². The standard InChI is InChI=1S/C21H23NO6/c1-3-26-21(25)16-6-8-17(9-7-16)22-19(23)14-28-20(24)12-13-27-18-10-4-15(2)5-11-18/h4-11H,3,12-14H2,1-2H3,(H,22,23). The number of aryl methyl sites for hydroxylation is 1. The third-order valence-electron chi connectivity index (χ3n) is 3.64. The minimum atomic E-state index is -0.528. The van der Waals surface area contributed by atoms with Crippen LogP contribution in [0, 0.1) is 6.92 Å². The molecule has 7 heteroatoms. The molecule has 1 N–H and O–H groups in total. The summed E-state index contributed by atoms with van der Waals surface area (Å²) >= 11 is 0. The number of ether oxygens (including phenoxy) is 3. The number of rotatable bonds is 9. The summed E-state index contributed by atoms with van der Waals surface area (Å²) in [5, 5.41) is 2.58. The van der Waals surface area contributed by atoms with Crippen LogP contribution in [0.25, 0.3) is 0 Å². The maximum absolute atomic E-state index is 11.9. The van der Waals surface area contributed by atoms with Gasteiger partial charge in [0.25, 0.3) is 5.91 Å². The molecule has 2 aromatic carbocycles. The molecule has 148 valence electrons. The van der Waals surface area contributed by atoms with Crippen molar-refractivity contribution in [3.63, 3.8) is 0 Å². The maximum atomic E-state index is 11.9. The van der Waals surface area contributed by atoms with Crippen LogP contribution in [0.4, 0.5) is 5.69 Å². The highest BCUT2D eigenvalue weighted by Crippen LogP contribution is 2.12. The first kappa shape index (κ1) is 21.0. The summed E-state index contributed by atoms with van der Waals surface area (Å²) in [6.45, 7) is 3.75. The third-order valence-corrected chi connectivity index (χ3v) is 3.64. The van der Waals surface area contributed by atoms with Gasteiger partial charge in [-0.25, -0.2) is 4.79 Å². The first-order chi connectivity index (χ1) is 13.5. The Balaban J connectivity index is 1.67. The molecule has 0 bridgehead atoms. The lowest BCUT2D eigenvalue weighted by atomic mass is 10.2. The number of carbonyl (C=O) groups is 3. The molecule has 0 radical (unpaired) electrons. The van der Waals surface area contributed by atoms with Gasteiger partial charge in [-0.05, 0) is 50.2 Å². The SMILES string of the molecule is CCOC(=O)c1ccc(NC(=O)COC(=O)CCOc2ccc(C)cc2)cc1. The van der Waals surface area contributed by atoms with Gasteiger partial charge in [0.15, 0.2) is 6.61 Å². The van der Waals surface area contributed by atoms with Crippen molar-refractivity contribution in [1.82, 2.24) is 0 Å². The van der Waals surface area contributed by atoms with Crippen LogP contribution in [0.5, 0.6) is 5.75 Å². The summed E-state index contributed by atoms with van der Waals surface area (Å²) in [6.07, 6.45) is 0.0371. The zero-order chi connectivity index (χ0) is 20.4. The third kappa shape index (κ3) is 7.11. The van der Waals surface area contributed by atoms with Crippen LogP contribution in [0.2, 0.25) is 0 Å². The van der Waals surface area contributed by atoms with E-state index in [0.29, 0.717) is 23.6 Å². The fourth-order valence-electron chi connectivity index (χ4n) is 2.21. The molecule has 0 unspecified atom stereocenters. The summed E-state index contributed by atoms with van der Waals surface area (Å²) in [5.41, 5.74) is 1.99. The normalized spacial score (nSPS) is 10.1. The first-order valence-corrected chi connectivity index (χ1v) is 8.90. The number of benzene rings is 2. The molecule has 0 spiro atoms. The minimum Gasteiger partial charge on any atom is -0.493 e. The second-order valence-electron chi connectivity index (χ2n) is 5.92. The van der Waals surface area contributed by atoms with E-state index in [1.54, 1.807) is 31.2 Å². The molecule has 28 heavy (non-hydrogen) atoms. The van der Waals surface area contributed by atoms with Crippen LogP contribution in [0.1, 0.15) is 29.3 Å². The molecule has 0 saturated heterocycles. The van der Waals surface area contributed by atoms with E-state index in [0.717, 1.165) is 5.56 Å². The zero-order valence-electron chi connectivity index (χ0n) is 15.9. The number of carbonyl (C=O) groups excluding carboxylic acids is 3. The van der Waals surface area contributed by atoms with Gasteiger partial charge < -0.3 is 19.5 Å². The summed E-state index contributed by atoms with van der Waals surface area (Å²) < 4.78 is 15.3. The first-order valence-electron chi connectivity index (χ1n) is 8.90. The van der Waals surface area contributed by atoms with E-state index in [1.165, 1.54) is 0 Å². The summed E-state index contributed by atoms with van der Waals surface area (Å²) in [7, 11) is 0. The van der Waals surface area contributed by atoms with E-state index in [-0.39, 0.29) is 13.0 Å². The number of anilines is 1. The van der Waals surface area contributed by atoms with Crippen molar-refractivity contribution in [2.45, 2.75) is 20.3 Å². The summed E-state index contributed by atoms with van der Waals surface area (Å²) in [4.78, 5) is 35.1. The molecule has 7 nitrogen and oxygen atoms in total. The van der Waals surface area contributed by atoms with E-state index in [1.807, 2.05) is 31.2 Å². The Bertz CT molecular complexity index is 799. The van der Waals surface area contributed by atoms with Gasteiger partial charge in [0.1, 0.15) is 5.75 Å². The lowest BCUT2D eigenvalue weighted by molar-refractivity contribution is -0.147. The average molecular weight is 385 g/mol. The molecule has 2 aromatic rings. The quantitative estimate of drug-likeness (QED) is 0.667. The molecule has 0 aliphatic carbocycles. The van der Waals surface area contributed by atoms with Gasteiger partial charge in [-0.1, -0.05) is 17.7 Å². The molecule has 0 aromatic heterocycles. The number of amides is 1. The molecule has 0 fully saturated rings. The minimum absolute atomic E-state index is 0.0371. The molecule has 2 rings (SSSR count). The van der Waals surface area contributed by atoms with E-state index >= 15 is 0 Å². The Hall–Kier alpha value is -3.35. The summed E-state index contributed by atoms with van der Waals surface area (Å²) in [5.74, 6) is -0.763. The van der Waals surface area contributed by atoms with Crippen molar-refractivity contribution in [3.05, 3.63) is 59.7 Å². The Morgan fingerprint density at radius 1 is 0.929 bits per heavy atom. The predicted octanol–water partition coefficient (Wildman–Crippen LogP) is 3.12. The largest absolute Gasteiger partial charge is 0.493 e. The average Bonchev–Trinajstić information content (AvgIpc) is 2.69. The molecule has 0 aliphatic heterocycles. The molecule has 1 amide bonds. The van der Waals surface area contributed by atoms with E-state index in [2.05, 4.69) is 5.32 Å². The maximum Gasteiger partial charge on any atom is 0.338 e. The second-order valence-corrected chi connectivity index (χ2v) is 5.92.